The summed E-state index contributed by atoms with van der Waals surface area (Å²) in [5.41, 5.74) is 1.49. The molecule has 0 saturated carbocycles. The molecule has 1 aromatic rings. The summed E-state index contributed by atoms with van der Waals surface area (Å²) in [6.07, 6.45) is 3.36. The molecular weight excluding hydrogens is 390 g/mol. The molecule has 0 fully saturated rings. The third kappa shape index (κ3) is 4.29. The summed E-state index contributed by atoms with van der Waals surface area (Å²) in [6.45, 7) is 0.926. The first kappa shape index (κ1) is 19.2. The number of halogens is 1. The average molecular weight is 410 g/mol. The maximum atomic E-state index is 12.4. The molecule has 1 aromatic carbocycles. The van der Waals surface area contributed by atoms with Crippen molar-refractivity contribution in [1.29, 1.82) is 0 Å². The van der Waals surface area contributed by atoms with E-state index in [0.717, 1.165) is 10.0 Å². The number of benzene rings is 1. The van der Waals surface area contributed by atoms with Gasteiger partial charge in [-0.25, -0.2) is 9.59 Å². The van der Waals surface area contributed by atoms with E-state index < -0.39 is 17.9 Å². The van der Waals surface area contributed by atoms with Crippen molar-refractivity contribution in [3.63, 3.8) is 0 Å². The van der Waals surface area contributed by atoms with Crippen LogP contribution in [0.25, 0.3) is 0 Å². The summed E-state index contributed by atoms with van der Waals surface area (Å²) in [5.74, 6) is -1.59. The summed E-state index contributed by atoms with van der Waals surface area (Å²) < 4.78 is 15.7. The predicted octanol–water partition coefficient (Wildman–Crippen LogP) is 2.61. The molecule has 1 heterocycles. The molecule has 134 valence electrons. The number of hydrogen-bond donors (Lipinski definition) is 0. The molecular formula is C18H20BrNO5. The van der Waals surface area contributed by atoms with Crippen LogP contribution in [0.15, 0.2) is 52.3 Å². The molecule has 0 saturated heterocycles. The van der Waals surface area contributed by atoms with Crippen molar-refractivity contribution in [3.05, 3.63) is 57.8 Å². The van der Waals surface area contributed by atoms with Crippen molar-refractivity contribution in [2.24, 2.45) is 0 Å². The largest absolute Gasteiger partial charge is 0.466 e. The van der Waals surface area contributed by atoms with Gasteiger partial charge in [-0.2, -0.15) is 0 Å². The van der Waals surface area contributed by atoms with E-state index in [4.69, 9.17) is 14.2 Å². The van der Waals surface area contributed by atoms with Crippen LogP contribution in [0.5, 0.6) is 0 Å². The number of ether oxygens (including phenoxy) is 3. The summed E-state index contributed by atoms with van der Waals surface area (Å²) in [6, 6.07) is 7.43. The number of nitrogens with zero attached hydrogens (tertiary/aromatic N) is 1. The molecule has 0 amide bonds. The lowest BCUT2D eigenvalue weighted by Gasteiger charge is -2.30. The van der Waals surface area contributed by atoms with Crippen molar-refractivity contribution < 1.29 is 23.8 Å². The van der Waals surface area contributed by atoms with Gasteiger partial charge in [-0.1, -0.05) is 34.1 Å². The summed E-state index contributed by atoms with van der Waals surface area (Å²) >= 11 is 3.49. The summed E-state index contributed by atoms with van der Waals surface area (Å²) in [4.78, 5) is 26.5. The minimum atomic E-state index is -0.589. The van der Waals surface area contributed by atoms with Gasteiger partial charge < -0.3 is 19.1 Å². The van der Waals surface area contributed by atoms with E-state index >= 15 is 0 Å². The highest BCUT2D eigenvalue weighted by molar-refractivity contribution is 9.10. The van der Waals surface area contributed by atoms with Gasteiger partial charge in [-0.3, -0.25) is 0 Å². The Balaban J connectivity index is 2.57. The third-order valence-corrected chi connectivity index (χ3v) is 4.57. The molecule has 0 unspecified atom stereocenters. The highest BCUT2D eigenvalue weighted by Gasteiger charge is 2.36. The Morgan fingerprint density at radius 3 is 2.08 bits per heavy atom. The molecule has 2 rings (SSSR count). The van der Waals surface area contributed by atoms with E-state index in [1.54, 1.807) is 24.4 Å². The SMILES string of the molecule is COCCN1C=C(C(=O)OC)C(c2ccccc2Br)C(C(=O)OC)=C1. The van der Waals surface area contributed by atoms with Crippen LogP contribution in [-0.2, 0) is 23.8 Å². The van der Waals surface area contributed by atoms with Gasteiger partial charge in [0, 0.05) is 30.5 Å². The number of hydrogen-bond acceptors (Lipinski definition) is 6. The fraction of sp³-hybridized carbons (Fsp3) is 0.333. The third-order valence-electron chi connectivity index (χ3n) is 3.84. The molecule has 0 aromatic heterocycles. The second-order valence-corrected chi connectivity index (χ2v) is 6.19. The van der Waals surface area contributed by atoms with E-state index in [0.29, 0.717) is 24.3 Å². The van der Waals surface area contributed by atoms with Crippen LogP contribution in [0.2, 0.25) is 0 Å². The van der Waals surface area contributed by atoms with Crippen LogP contribution in [0.1, 0.15) is 11.5 Å². The smallest absolute Gasteiger partial charge is 0.336 e. The number of carbonyl (C=O) groups is 2. The fourth-order valence-electron chi connectivity index (χ4n) is 2.66. The van der Waals surface area contributed by atoms with Gasteiger partial charge in [0.2, 0.25) is 0 Å². The monoisotopic (exact) mass is 409 g/mol. The van der Waals surface area contributed by atoms with Crippen LogP contribution in [0, 0.1) is 0 Å². The first-order valence-electron chi connectivity index (χ1n) is 7.62. The zero-order valence-electron chi connectivity index (χ0n) is 14.3. The Hall–Kier alpha value is -2.12. The number of esters is 2. The first-order chi connectivity index (χ1) is 12.0. The second-order valence-electron chi connectivity index (χ2n) is 5.34. The normalized spacial score (nSPS) is 14.6. The van der Waals surface area contributed by atoms with Crippen LogP contribution in [0.4, 0.5) is 0 Å². The molecule has 1 aliphatic rings. The van der Waals surface area contributed by atoms with E-state index in [1.807, 2.05) is 24.3 Å². The van der Waals surface area contributed by atoms with E-state index in [2.05, 4.69) is 15.9 Å². The van der Waals surface area contributed by atoms with E-state index in [1.165, 1.54) is 14.2 Å². The van der Waals surface area contributed by atoms with Gasteiger partial charge in [-0.15, -0.1) is 0 Å². The standard InChI is InChI=1S/C18H20BrNO5/c1-23-9-8-20-10-13(17(21)24-2)16(14(11-20)18(22)25-3)12-6-4-5-7-15(12)19/h4-7,10-11,16H,8-9H2,1-3H3. The Kier molecular flexibility index (Phi) is 6.78. The van der Waals surface area contributed by atoms with Crippen molar-refractivity contribution in [3.8, 4) is 0 Å². The molecule has 0 radical (unpaired) electrons. The average Bonchev–Trinajstić information content (AvgIpc) is 2.64. The van der Waals surface area contributed by atoms with Gasteiger partial charge in [0.1, 0.15) is 0 Å². The molecule has 0 spiro atoms. The van der Waals surface area contributed by atoms with Crippen molar-refractivity contribution >= 4 is 27.9 Å². The Bertz CT molecular complexity index is 679. The van der Waals surface area contributed by atoms with Gasteiger partial charge >= 0.3 is 11.9 Å². The molecule has 25 heavy (non-hydrogen) atoms. The van der Waals surface area contributed by atoms with Gasteiger partial charge in [-0.05, 0) is 11.6 Å². The number of rotatable bonds is 6. The minimum absolute atomic E-state index is 0.355. The Morgan fingerprint density at radius 1 is 1.04 bits per heavy atom. The lowest BCUT2D eigenvalue weighted by Crippen LogP contribution is -2.30. The number of carbonyl (C=O) groups excluding carboxylic acids is 2. The Morgan fingerprint density at radius 2 is 1.60 bits per heavy atom. The molecule has 0 bridgehead atoms. The summed E-state index contributed by atoms with van der Waals surface area (Å²) in [7, 11) is 4.22. The predicted molar refractivity (Wildman–Crippen MR) is 95.7 cm³/mol. The minimum Gasteiger partial charge on any atom is -0.466 e. The first-order valence-corrected chi connectivity index (χ1v) is 8.42. The molecule has 1 aliphatic heterocycles. The maximum absolute atomic E-state index is 12.4. The van der Waals surface area contributed by atoms with Crippen LogP contribution in [-0.4, -0.2) is 51.3 Å². The van der Waals surface area contributed by atoms with Crippen molar-refractivity contribution in [2.45, 2.75) is 5.92 Å². The molecule has 6 nitrogen and oxygen atoms in total. The second kappa shape index (κ2) is 8.82. The zero-order valence-corrected chi connectivity index (χ0v) is 15.9. The summed E-state index contributed by atoms with van der Waals surface area (Å²) in [5, 5.41) is 0. The maximum Gasteiger partial charge on any atom is 0.336 e. The fourth-order valence-corrected chi connectivity index (χ4v) is 3.17. The van der Waals surface area contributed by atoms with Crippen LogP contribution >= 0.6 is 15.9 Å². The van der Waals surface area contributed by atoms with Gasteiger partial charge in [0.25, 0.3) is 0 Å². The lowest BCUT2D eigenvalue weighted by atomic mass is 9.83. The van der Waals surface area contributed by atoms with Crippen molar-refractivity contribution in [1.82, 2.24) is 4.90 Å². The van der Waals surface area contributed by atoms with E-state index in [-0.39, 0.29) is 0 Å². The van der Waals surface area contributed by atoms with Crippen LogP contribution in [0.3, 0.4) is 0 Å². The quantitative estimate of drug-likeness (QED) is 0.672. The Labute approximate surface area is 155 Å². The molecule has 0 N–H and O–H groups in total. The van der Waals surface area contributed by atoms with Crippen LogP contribution < -0.4 is 0 Å². The molecule has 0 aliphatic carbocycles. The highest BCUT2D eigenvalue weighted by atomic mass is 79.9. The molecule has 7 heteroatoms. The highest BCUT2D eigenvalue weighted by Crippen LogP contribution is 2.39. The zero-order chi connectivity index (χ0) is 18.4. The number of methoxy groups -OCH3 is 3. The lowest BCUT2D eigenvalue weighted by molar-refractivity contribution is -0.137. The topological polar surface area (TPSA) is 65.1 Å². The van der Waals surface area contributed by atoms with Gasteiger partial charge in [0.15, 0.2) is 0 Å². The van der Waals surface area contributed by atoms with E-state index in [9.17, 15) is 9.59 Å². The molecule has 0 atom stereocenters. The van der Waals surface area contributed by atoms with Gasteiger partial charge in [0.05, 0.1) is 37.9 Å². The van der Waals surface area contributed by atoms with Crippen molar-refractivity contribution in [2.75, 3.05) is 34.5 Å².